The molecule has 0 radical (unpaired) electrons. The van der Waals surface area contributed by atoms with Crippen molar-refractivity contribution in [2.24, 2.45) is 0 Å². The average molecular weight is 384 g/mol. The molecule has 138 valence electrons. The van der Waals surface area contributed by atoms with Crippen LogP contribution in [0.5, 0.6) is 0 Å². The molecule has 0 aliphatic carbocycles. The smallest absolute Gasteiger partial charge is 0.358 e. The molecule has 0 spiro atoms. The van der Waals surface area contributed by atoms with E-state index in [0.717, 1.165) is 12.1 Å². The van der Waals surface area contributed by atoms with Crippen LogP contribution in [-0.2, 0) is 4.74 Å². The number of benzene rings is 1. The molecule has 0 saturated carbocycles. The van der Waals surface area contributed by atoms with Crippen LogP contribution in [0, 0.1) is 5.82 Å². The van der Waals surface area contributed by atoms with Gasteiger partial charge in [0.05, 0.1) is 10.7 Å². The van der Waals surface area contributed by atoms with Gasteiger partial charge in [-0.25, -0.2) is 22.9 Å². The number of ether oxygens (including phenoxy) is 1. The van der Waals surface area contributed by atoms with E-state index in [1.54, 1.807) is 20.8 Å². The number of hydrogen-bond acceptors (Lipinski definition) is 3. The number of rotatable bonds is 4. The first-order valence-electron chi connectivity index (χ1n) is 7.68. The summed E-state index contributed by atoms with van der Waals surface area (Å²) in [6.45, 7) is 8.61. The van der Waals surface area contributed by atoms with Crippen LogP contribution >= 0.6 is 11.6 Å². The third-order valence-corrected chi connectivity index (χ3v) is 3.65. The molecule has 0 unspecified atom stereocenters. The Kier molecular flexibility index (Phi) is 5.76. The summed E-state index contributed by atoms with van der Waals surface area (Å²) in [6, 6.07) is 4.84. The van der Waals surface area contributed by atoms with E-state index in [2.05, 4.69) is 11.6 Å². The number of hydrogen-bond donors (Lipinski definition) is 0. The maximum absolute atomic E-state index is 14.5. The molecular weight excluding hydrogens is 367 g/mol. The van der Waals surface area contributed by atoms with Gasteiger partial charge < -0.3 is 4.74 Å². The number of halogens is 4. The van der Waals surface area contributed by atoms with Crippen LogP contribution in [0.25, 0.3) is 17.3 Å². The van der Waals surface area contributed by atoms with Crippen molar-refractivity contribution in [3.63, 3.8) is 0 Å². The highest BCUT2D eigenvalue weighted by Gasteiger charge is 2.25. The molecule has 1 aromatic carbocycles. The number of carbonyl (C=O) groups is 1. The highest BCUT2D eigenvalue weighted by molar-refractivity contribution is 6.31. The van der Waals surface area contributed by atoms with E-state index in [1.165, 1.54) is 18.2 Å². The van der Waals surface area contributed by atoms with Crippen molar-refractivity contribution in [1.82, 2.24) is 4.98 Å². The monoisotopic (exact) mass is 383 g/mol. The fourth-order valence-corrected chi connectivity index (χ4v) is 2.43. The summed E-state index contributed by atoms with van der Waals surface area (Å²) >= 11 is 5.73. The number of carbonyl (C=O) groups excluding carboxylic acids is 1. The minimum atomic E-state index is -2.94. The zero-order chi connectivity index (χ0) is 19.6. The van der Waals surface area contributed by atoms with Crippen molar-refractivity contribution in [3.05, 3.63) is 58.5 Å². The van der Waals surface area contributed by atoms with Crippen molar-refractivity contribution >= 4 is 23.6 Å². The quantitative estimate of drug-likeness (QED) is 0.601. The summed E-state index contributed by atoms with van der Waals surface area (Å²) in [5, 5.41) is -0.321. The van der Waals surface area contributed by atoms with E-state index in [1.807, 2.05) is 0 Å². The highest BCUT2D eigenvalue weighted by atomic mass is 35.5. The van der Waals surface area contributed by atoms with Crippen LogP contribution < -0.4 is 0 Å². The van der Waals surface area contributed by atoms with Gasteiger partial charge in [-0.3, -0.25) is 0 Å². The third-order valence-electron chi connectivity index (χ3n) is 3.36. The van der Waals surface area contributed by atoms with Gasteiger partial charge in [0, 0.05) is 16.7 Å². The average Bonchev–Trinajstić information content (AvgIpc) is 2.54. The van der Waals surface area contributed by atoms with E-state index in [4.69, 9.17) is 16.3 Å². The number of pyridine rings is 1. The van der Waals surface area contributed by atoms with Gasteiger partial charge in [0.2, 0.25) is 0 Å². The molecule has 0 amide bonds. The Morgan fingerprint density at radius 3 is 2.46 bits per heavy atom. The van der Waals surface area contributed by atoms with Crippen molar-refractivity contribution in [2.45, 2.75) is 32.8 Å². The van der Waals surface area contributed by atoms with Gasteiger partial charge in [-0.05, 0) is 32.9 Å². The van der Waals surface area contributed by atoms with Crippen LogP contribution in [0.15, 0.2) is 30.8 Å². The predicted molar refractivity (Wildman–Crippen MR) is 94.9 cm³/mol. The first-order chi connectivity index (χ1) is 12.0. The SMILES string of the molecule is C=Cc1ccc(-c2c(C(F)F)ccc(Cl)c2F)nc1C(=O)OC(C)(C)C. The molecule has 0 fully saturated rings. The summed E-state index contributed by atoms with van der Waals surface area (Å²) in [5.74, 6) is -1.80. The molecule has 0 atom stereocenters. The summed E-state index contributed by atoms with van der Waals surface area (Å²) in [7, 11) is 0. The highest BCUT2D eigenvalue weighted by Crippen LogP contribution is 2.36. The number of aromatic nitrogens is 1. The lowest BCUT2D eigenvalue weighted by Gasteiger charge is -2.20. The molecule has 2 aromatic rings. The Hall–Kier alpha value is -2.34. The van der Waals surface area contributed by atoms with E-state index >= 15 is 0 Å². The Bertz CT molecular complexity index is 861. The van der Waals surface area contributed by atoms with Gasteiger partial charge in [0.25, 0.3) is 6.43 Å². The first kappa shape index (κ1) is 20.0. The molecule has 0 saturated heterocycles. The molecule has 0 aliphatic rings. The largest absolute Gasteiger partial charge is 0.455 e. The fourth-order valence-electron chi connectivity index (χ4n) is 2.27. The lowest BCUT2D eigenvalue weighted by atomic mass is 10.0. The molecule has 7 heteroatoms. The lowest BCUT2D eigenvalue weighted by molar-refractivity contribution is 0.00627. The molecule has 1 aromatic heterocycles. The Balaban J connectivity index is 2.67. The summed E-state index contributed by atoms with van der Waals surface area (Å²) in [6.07, 6.45) is -1.57. The Labute approximate surface area is 154 Å². The van der Waals surface area contributed by atoms with Gasteiger partial charge in [-0.1, -0.05) is 36.4 Å². The molecule has 26 heavy (non-hydrogen) atoms. The summed E-state index contributed by atoms with van der Waals surface area (Å²) in [4.78, 5) is 16.5. The Morgan fingerprint density at radius 1 is 1.27 bits per heavy atom. The fraction of sp³-hybridized carbons (Fsp3) is 0.263. The third kappa shape index (κ3) is 4.25. The number of nitrogens with zero attached hydrogens (tertiary/aromatic N) is 1. The van der Waals surface area contributed by atoms with E-state index in [9.17, 15) is 18.0 Å². The molecule has 2 rings (SSSR count). The van der Waals surface area contributed by atoms with Gasteiger partial charge in [0.15, 0.2) is 11.5 Å². The molecular formula is C19H17ClF3NO2. The topological polar surface area (TPSA) is 39.2 Å². The maximum atomic E-state index is 14.5. The molecule has 0 N–H and O–H groups in total. The number of esters is 1. The second-order valence-corrected chi connectivity index (χ2v) is 6.87. The summed E-state index contributed by atoms with van der Waals surface area (Å²) < 4.78 is 46.3. The zero-order valence-corrected chi connectivity index (χ0v) is 15.2. The van der Waals surface area contributed by atoms with Crippen LogP contribution in [0.3, 0.4) is 0 Å². The molecule has 3 nitrogen and oxygen atoms in total. The Morgan fingerprint density at radius 2 is 1.92 bits per heavy atom. The van der Waals surface area contributed by atoms with Crippen molar-refractivity contribution < 1.29 is 22.7 Å². The van der Waals surface area contributed by atoms with Crippen molar-refractivity contribution in [2.75, 3.05) is 0 Å². The lowest BCUT2D eigenvalue weighted by Crippen LogP contribution is -2.25. The second kappa shape index (κ2) is 7.50. The normalized spacial score (nSPS) is 11.5. The van der Waals surface area contributed by atoms with Crippen molar-refractivity contribution in [3.8, 4) is 11.3 Å². The standard InChI is InChI=1S/C19H17ClF3NO2/c1-5-10-6-9-13(24-16(10)18(25)26-19(2,3)4)14-11(17(22)23)7-8-12(20)15(14)21/h5-9,17H,1H2,2-4H3. The minimum absolute atomic E-state index is 0.146. The minimum Gasteiger partial charge on any atom is -0.455 e. The van der Waals surface area contributed by atoms with Gasteiger partial charge >= 0.3 is 5.97 Å². The van der Waals surface area contributed by atoms with Crippen LogP contribution in [0.4, 0.5) is 13.2 Å². The van der Waals surface area contributed by atoms with Gasteiger partial charge in [0.1, 0.15) is 5.60 Å². The zero-order valence-electron chi connectivity index (χ0n) is 14.4. The van der Waals surface area contributed by atoms with E-state index in [0.29, 0.717) is 5.56 Å². The van der Waals surface area contributed by atoms with Gasteiger partial charge in [-0.15, -0.1) is 0 Å². The van der Waals surface area contributed by atoms with Crippen LogP contribution in [-0.4, -0.2) is 16.6 Å². The summed E-state index contributed by atoms with van der Waals surface area (Å²) in [5.41, 5.74) is -1.76. The van der Waals surface area contributed by atoms with E-state index in [-0.39, 0.29) is 16.4 Å². The molecule has 0 aliphatic heterocycles. The molecule has 1 heterocycles. The van der Waals surface area contributed by atoms with E-state index < -0.39 is 34.9 Å². The molecule has 0 bridgehead atoms. The van der Waals surface area contributed by atoms with Crippen LogP contribution in [0.2, 0.25) is 5.02 Å². The predicted octanol–water partition coefficient (Wildman–Crippen LogP) is 6.08. The first-order valence-corrected chi connectivity index (χ1v) is 8.06. The van der Waals surface area contributed by atoms with Crippen LogP contribution in [0.1, 0.15) is 48.8 Å². The number of alkyl halides is 2. The van der Waals surface area contributed by atoms with Gasteiger partial charge in [-0.2, -0.15) is 0 Å². The maximum Gasteiger partial charge on any atom is 0.358 e. The second-order valence-electron chi connectivity index (χ2n) is 6.47. The van der Waals surface area contributed by atoms with Crippen molar-refractivity contribution in [1.29, 1.82) is 0 Å².